The van der Waals surface area contributed by atoms with Crippen molar-refractivity contribution in [2.45, 2.75) is 24.5 Å². The Morgan fingerprint density at radius 3 is 2.23 bits per heavy atom. The molecule has 9 heteroatoms. The Kier molecular flexibility index (Phi) is 6.99. The number of ether oxygens (including phenoxy) is 1. The topological polar surface area (TPSA) is 142 Å². The first-order valence-electron chi connectivity index (χ1n) is 11.0. The lowest BCUT2D eigenvalue weighted by Gasteiger charge is -2.21. The smallest absolute Gasteiger partial charge is 0.407 e. The fraction of sp³-hybridized carbons (Fsp3) is 0.231. The van der Waals surface area contributed by atoms with Crippen molar-refractivity contribution in [1.82, 2.24) is 5.32 Å². The van der Waals surface area contributed by atoms with Crippen LogP contribution in [0.3, 0.4) is 0 Å². The minimum Gasteiger partial charge on any atom is -0.478 e. The number of nitrogens with two attached hydrogens (primary N) is 1. The number of nitrogen functional groups attached to an aromatic ring is 1. The highest BCUT2D eigenvalue weighted by atomic mass is 19.1. The molecule has 3 aromatic carbocycles. The SMILES string of the molecule is Nc1c(C(=O)O)cc(F)cc1C(O)C(O)CCNC(=O)OCC1c2ccccc2-c2ccccc21. The lowest BCUT2D eigenvalue weighted by Crippen LogP contribution is -2.31. The van der Waals surface area contributed by atoms with Gasteiger partial charge in [0.1, 0.15) is 18.5 Å². The van der Waals surface area contributed by atoms with Crippen LogP contribution in [0.1, 0.15) is 45.5 Å². The maximum atomic E-state index is 13.8. The molecule has 0 saturated carbocycles. The van der Waals surface area contributed by atoms with Gasteiger partial charge >= 0.3 is 12.1 Å². The summed E-state index contributed by atoms with van der Waals surface area (Å²) in [5.74, 6) is -2.46. The third-order valence-corrected chi connectivity index (χ3v) is 6.14. The van der Waals surface area contributed by atoms with Gasteiger partial charge in [-0.25, -0.2) is 14.0 Å². The van der Waals surface area contributed by atoms with Crippen LogP contribution in [0.15, 0.2) is 60.7 Å². The number of amides is 1. The second-order valence-corrected chi connectivity index (χ2v) is 8.31. The van der Waals surface area contributed by atoms with Crippen LogP contribution in [-0.2, 0) is 4.74 Å². The number of carboxylic acids is 1. The standard InChI is InChI=1S/C26H25FN2O6/c27-14-11-19(23(28)20(12-14)25(32)33)24(31)22(30)9-10-29-26(34)35-13-21-17-7-3-1-5-15(17)16-6-2-4-8-18(16)21/h1-8,11-12,21-22,24,30-31H,9-10,13,28H2,(H,29,34)(H,32,33). The number of nitrogens with one attached hydrogen (secondary N) is 1. The molecule has 35 heavy (non-hydrogen) atoms. The highest BCUT2D eigenvalue weighted by Gasteiger charge is 2.29. The van der Waals surface area contributed by atoms with Gasteiger partial charge in [0, 0.05) is 18.0 Å². The lowest BCUT2D eigenvalue weighted by atomic mass is 9.97. The van der Waals surface area contributed by atoms with Crippen LogP contribution in [0.2, 0.25) is 0 Å². The van der Waals surface area contributed by atoms with E-state index in [4.69, 9.17) is 15.6 Å². The maximum absolute atomic E-state index is 13.8. The number of carboxylic acid groups (broad SMARTS) is 1. The molecular formula is C26H25FN2O6. The third kappa shape index (κ3) is 4.96. The van der Waals surface area contributed by atoms with Gasteiger partial charge in [0.15, 0.2) is 0 Å². The summed E-state index contributed by atoms with van der Waals surface area (Å²) in [6, 6.07) is 17.5. The van der Waals surface area contributed by atoms with E-state index < -0.39 is 35.7 Å². The fourth-order valence-corrected chi connectivity index (χ4v) is 4.40. The molecule has 4 rings (SSSR count). The summed E-state index contributed by atoms with van der Waals surface area (Å²) in [4.78, 5) is 23.5. The molecule has 1 amide bonds. The first-order chi connectivity index (χ1) is 16.8. The Balaban J connectivity index is 1.31. The molecule has 2 unspecified atom stereocenters. The van der Waals surface area contributed by atoms with E-state index >= 15 is 0 Å². The number of aliphatic hydroxyl groups excluding tert-OH is 2. The van der Waals surface area contributed by atoms with Gasteiger partial charge in [-0.1, -0.05) is 48.5 Å². The molecule has 2 atom stereocenters. The second kappa shape index (κ2) is 10.1. The quantitative estimate of drug-likeness (QED) is 0.311. The van der Waals surface area contributed by atoms with Crippen LogP contribution < -0.4 is 11.1 Å². The second-order valence-electron chi connectivity index (χ2n) is 8.31. The van der Waals surface area contributed by atoms with Gasteiger partial charge in [-0.3, -0.25) is 0 Å². The number of aromatic carboxylic acids is 1. The Labute approximate surface area is 200 Å². The van der Waals surface area contributed by atoms with E-state index in [1.165, 1.54) is 0 Å². The zero-order valence-electron chi connectivity index (χ0n) is 18.6. The summed E-state index contributed by atoms with van der Waals surface area (Å²) in [6.45, 7) is 0.0821. The molecule has 0 aliphatic heterocycles. The number of anilines is 1. The number of alkyl carbamates (subject to hydrolysis) is 1. The number of fused-ring (bicyclic) bond motifs is 3. The summed E-state index contributed by atoms with van der Waals surface area (Å²) in [6.07, 6.45) is -3.88. The van der Waals surface area contributed by atoms with Crippen LogP contribution >= 0.6 is 0 Å². The highest BCUT2D eigenvalue weighted by molar-refractivity contribution is 5.94. The van der Waals surface area contributed by atoms with Crippen molar-refractivity contribution in [2.24, 2.45) is 0 Å². The Morgan fingerprint density at radius 1 is 1.03 bits per heavy atom. The Bertz CT molecular complexity index is 1220. The number of aliphatic hydroxyl groups is 2. The predicted molar refractivity (Wildman–Crippen MR) is 126 cm³/mol. The summed E-state index contributed by atoms with van der Waals surface area (Å²) >= 11 is 0. The van der Waals surface area contributed by atoms with E-state index in [1.807, 2.05) is 48.5 Å². The normalized spacial score (nSPS) is 14.0. The summed E-state index contributed by atoms with van der Waals surface area (Å²) in [5, 5.41) is 32.3. The fourth-order valence-electron chi connectivity index (χ4n) is 4.40. The number of carbonyl (C=O) groups is 2. The van der Waals surface area contributed by atoms with E-state index in [2.05, 4.69) is 5.32 Å². The van der Waals surface area contributed by atoms with Gasteiger partial charge in [0.2, 0.25) is 0 Å². The molecule has 0 saturated heterocycles. The Hall–Kier alpha value is -3.95. The monoisotopic (exact) mass is 480 g/mol. The van der Waals surface area contributed by atoms with Crippen molar-refractivity contribution < 1.29 is 34.0 Å². The average molecular weight is 480 g/mol. The number of halogens is 1. The van der Waals surface area contributed by atoms with Gasteiger partial charge < -0.3 is 31.1 Å². The molecule has 0 bridgehead atoms. The number of hydrogen-bond donors (Lipinski definition) is 5. The van der Waals surface area contributed by atoms with Crippen molar-refractivity contribution in [2.75, 3.05) is 18.9 Å². The van der Waals surface area contributed by atoms with Gasteiger partial charge in [0.25, 0.3) is 0 Å². The van der Waals surface area contributed by atoms with Gasteiger partial charge in [-0.2, -0.15) is 0 Å². The molecule has 0 spiro atoms. The lowest BCUT2D eigenvalue weighted by molar-refractivity contribution is 0.0138. The zero-order chi connectivity index (χ0) is 25.1. The molecule has 1 aliphatic rings. The van der Waals surface area contributed by atoms with E-state index in [0.29, 0.717) is 0 Å². The highest BCUT2D eigenvalue weighted by Crippen LogP contribution is 2.44. The minimum atomic E-state index is -1.65. The first-order valence-corrected chi connectivity index (χ1v) is 11.0. The first kappa shape index (κ1) is 24.2. The van der Waals surface area contributed by atoms with Gasteiger partial charge in [0.05, 0.1) is 17.4 Å². The van der Waals surface area contributed by atoms with Crippen LogP contribution in [0.4, 0.5) is 14.9 Å². The van der Waals surface area contributed by atoms with Gasteiger partial charge in [-0.05, 0) is 40.8 Å². The molecule has 3 aromatic rings. The van der Waals surface area contributed by atoms with Crippen molar-refractivity contribution >= 4 is 17.7 Å². The van der Waals surface area contributed by atoms with Crippen LogP contribution in [0.25, 0.3) is 11.1 Å². The van der Waals surface area contributed by atoms with Crippen LogP contribution in [0, 0.1) is 5.82 Å². The largest absolute Gasteiger partial charge is 0.478 e. The zero-order valence-corrected chi connectivity index (χ0v) is 18.6. The summed E-state index contributed by atoms with van der Waals surface area (Å²) < 4.78 is 19.2. The molecule has 8 nitrogen and oxygen atoms in total. The van der Waals surface area contributed by atoms with Crippen molar-refractivity contribution in [3.8, 4) is 11.1 Å². The third-order valence-electron chi connectivity index (χ3n) is 6.14. The number of benzene rings is 3. The number of hydrogen-bond acceptors (Lipinski definition) is 6. The predicted octanol–water partition coefficient (Wildman–Crippen LogP) is 3.43. The van der Waals surface area contributed by atoms with Crippen LogP contribution in [0.5, 0.6) is 0 Å². The molecule has 6 N–H and O–H groups in total. The molecule has 0 heterocycles. The van der Waals surface area contributed by atoms with E-state index in [9.17, 15) is 24.2 Å². The molecular weight excluding hydrogens is 455 g/mol. The minimum absolute atomic E-state index is 0.0457. The van der Waals surface area contributed by atoms with Gasteiger partial charge in [-0.15, -0.1) is 0 Å². The molecule has 1 aliphatic carbocycles. The van der Waals surface area contributed by atoms with Crippen molar-refractivity contribution in [3.05, 3.63) is 88.7 Å². The Morgan fingerprint density at radius 2 is 1.63 bits per heavy atom. The van der Waals surface area contributed by atoms with E-state index in [-0.39, 0.29) is 36.7 Å². The molecule has 0 radical (unpaired) electrons. The van der Waals surface area contributed by atoms with Crippen molar-refractivity contribution in [3.63, 3.8) is 0 Å². The number of carbonyl (C=O) groups excluding carboxylic acids is 1. The number of rotatable bonds is 8. The summed E-state index contributed by atoms with van der Waals surface area (Å²) in [7, 11) is 0. The molecule has 0 fully saturated rings. The van der Waals surface area contributed by atoms with Crippen molar-refractivity contribution in [1.29, 1.82) is 0 Å². The maximum Gasteiger partial charge on any atom is 0.407 e. The van der Waals surface area contributed by atoms with Crippen LogP contribution in [-0.4, -0.2) is 46.6 Å². The van der Waals surface area contributed by atoms with E-state index in [0.717, 1.165) is 34.4 Å². The molecule has 182 valence electrons. The molecule has 0 aromatic heterocycles. The summed E-state index contributed by atoms with van der Waals surface area (Å²) in [5.41, 5.74) is 9.01. The average Bonchev–Trinajstić information content (AvgIpc) is 3.17. The van der Waals surface area contributed by atoms with E-state index in [1.54, 1.807) is 0 Å².